The molecular weight excluding hydrogens is 361 g/mol. The SMILES string of the molecule is Cc1ccc(C(C)C)c(O[C@H](C)C(=O)NCCSCc2ccccc2F)c1. The van der Waals surface area contributed by atoms with Crippen LogP contribution in [0.2, 0.25) is 0 Å². The predicted octanol–water partition coefficient (Wildman–Crippen LogP) is 5.07. The summed E-state index contributed by atoms with van der Waals surface area (Å²) in [7, 11) is 0. The Kier molecular flexibility index (Phi) is 8.17. The molecule has 1 N–H and O–H groups in total. The number of halogens is 1. The first kappa shape index (κ1) is 21.3. The second-order valence-corrected chi connectivity index (χ2v) is 8.00. The Hall–Kier alpha value is -2.01. The molecule has 2 aromatic carbocycles. The number of aryl methyl sites for hydroxylation is 1. The lowest BCUT2D eigenvalue weighted by Crippen LogP contribution is -2.37. The first-order valence-electron chi connectivity index (χ1n) is 9.24. The van der Waals surface area contributed by atoms with E-state index >= 15 is 0 Å². The van der Waals surface area contributed by atoms with E-state index in [0.29, 0.717) is 29.5 Å². The van der Waals surface area contributed by atoms with Crippen LogP contribution < -0.4 is 10.1 Å². The van der Waals surface area contributed by atoms with Crippen molar-refractivity contribution in [2.75, 3.05) is 12.3 Å². The number of carbonyl (C=O) groups excluding carboxylic acids is 1. The Morgan fingerprint density at radius 1 is 1.19 bits per heavy atom. The number of amides is 1. The van der Waals surface area contributed by atoms with Gasteiger partial charge in [0.2, 0.25) is 0 Å². The van der Waals surface area contributed by atoms with Gasteiger partial charge in [0.05, 0.1) is 0 Å². The smallest absolute Gasteiger partial charge is 0.260 e. The molecule has 2 rings (SSSR count). The Balaban J connectivity index is 1.78. The molecule has 2 aromatic rings. The van der Waals surface area contributed by atoms with Crippen LogP contribution in [0.25, 0.3) is 0 Å². The van der Waals surface area contributed by atoms with Crippen molar-refractivity contribution in [1.29, 1.82) is 0 Å². The van der Waals surface area contributed by atoms with Crippen LogP contribution >= 0.6 is 11.8 Å². The van der Waals surface area contributed by atoms with Crippen molar-refractivity contribution >= 4 is 17.7 Å². The molecule has 5 heteroatoms. The molecule has 27 heavy (non-hydrogen) atoms. The maximum Gasteiger partial charge on any atom is 0.260 e. The monoisotopic (exact) mass is 389 g/mol. The van der Waals surface area contributed by atoms with Crippen LogP contribution in [0, 0.1) is 12.7 Å². The second kappa shape index (κ2) is 10.4. The van der Waals surface area contributed by atoms with Crippen molar-refractivity contribution in [2.24, 2.45) is 0 Å². The average Bonchev–Trinajstić information content (AvgIpc) is 2.62. The minimum Gasteiger partial charge on any atom is -0.481 e. The van der Waals surface area contributed by atoms with E-state index in [1.807, 2.05) is 19.1 Å². The number of hydrogen-bond acceptors (Lipinski definition) is 3. The molecule has 146 valence electrons. The van der Waals surface area contributed by atoms with E-state index in [9.17, 15) is 9.18 Å². The molecular formula is C22H28FNO2S. The third-order valence-electron chi connectivity index (χ3n) is 4.23. The highest BCUT2D eigenvalue weighted by Gasteiger charge is 2.17. The zero-order valence-corrected chi connectivity index (χ0v) is 17.2. The first-order valence-corrected chi connectivity index (χ1v) is 10.4. The summed E-state index contributed by atoms with van der Waals surface area (Å²) in [5.41, 5.74) is 2.89. The molecule has 0 aromatic heterocycles. The minimum absolute atomic E-state index is 0.141. The number of benzene rings is 2. The second-order valence-electron chi connectivity index (χ2n) is 6.89. The fraction of sp³-hybridized carbons (Fsp3) is 0.409. The number of thioether (sulfide) groups is 1. The molecule has 0 bridgehead atoms. The van der Waals surface area contributed by atoms with Crippen LogP contribution in [0.15, 0.2) is 42.5 Å². The molecule has 0 aliphatic carbocycles. The summed E-state index contributed by atoms with van der Waals surface area (Å²) in [6.07, 6.45) is -0.569. The summed E-state index contributed by atoms with van der Waals surface area (Å²) in [4.78, 5) is 12.3. The maximum atomic E-state index is 13.6. The Bertz CT molecular complexity index is 764. The predicted molar refractivity (Wildman–Crippen MR) is 111 cm³/mol. The summed E-state index contributed by atoms with van der Waals surface area (Å²) in [5, 5.41) is 2.89. The molecule has 1 amide bonds. The number of ether oxygens (including phenoxy) is 1. The Labute approximate surface area is 165 Å². The standard InChI is InChI=1S/C22H28FNO2S/c1-15(2)19-10-9-16(3)13-21(19)26-17(4)22(25)24-11-12-27-14-18-7-5-6-8-20(18)23/h5-10,13,15,17H,11-12,14H2,1-4H3,(H,24,25)/t17-/m1/s1. The van der Waals surface area contributed by atoms with Gasteiger partial charge in [-0.1, -0.05) is 44.2 Å². The normalized spacial score (nSPS) is 12.1. The average molecular weight is 390 g/mol. The molecule has 0 saturated carbocycles. The zero-order valence-electron chi connectivity index (χ0n) is 16.4. The summed E-state index contributed by atoms with van der Waals surface area (Å²) in [6, 6.07) is 12.8. The van der Waals surface area contributed by atoms with Crippen molar-refractivity contribution in [3.05, 3.63) is 65.0 Å². The molecule has 0 spiro atoms. The lowest BCUT2D eigenvalue weighted by molar-refractivity contribution is -0.127. The molecule has 0 heterocycles. The summed E-state index contributed by atoms with van der Waals surface area (Å²) in [6.45, 7) is 8.50. The maximum absolute atomic E-state index is 13.6. The van der Waals surface area contributed by atoms with E-state index in [1.54, 1.807) is 30.8 Å². The summed E-state index contributed by atoms with van der Waals surface area (Å²) < 4.78 is 19.5. The molecule has 0 aliphatic heterocycles. The van der Waals surface area contributed by atoms with Crippen LogP contribution in [0.5, 0.6) is 5.75 Å². The van der Waals surface area contributed by atoms with E-state index in [-0.39, 0.29) is 11.7 Å². The summed E-state index contributed by atoms with van der Waals surface area (Å²) >= 11 is 1.59. The largest absolute Gasteiger partial charge is 0.481 e. The van der Waals surface area contributed by atoms with E-state index in [0.717, 1.165) is 16.9 Å². The van der Waals surface area contributed by atoms with Crippen LogP contribution in [-0.4, -0.2) is 24.3 Å². The summed E-state index contributed by atoms with van der Waals surface area (Å²) in [5.74, 6) is 2.07. The highest BCUT2D eigenvalue weighted by atomic mass is 32.2. The minimum atomic E-state index is -0.569. The van der Waals surface area contributed by atoms with Crippen molar-refractivity contribution in [3.63, 3.8) is 0 Å². The fourth-order valence-electron chi connectivity index (χ4n) is 2.65. The number of carbonyl (C=O) groups is 1. The van der Waals surface area contributed by atoms with Gasteiger partial charge < -0.3 is 10.1 Å². The topological polar surface area (TPSA) is 38.3 Å². The number of rotatable bonds is 9. The van der Waals surface area contributed by atoms with Gasteiger partial charge in [0.15, 0.2) is 6.10 Å². The van der Waals surface area contributed by atoms with E-state index < -0.39 is 6.10 Å². The van der Waals surface area contributed by atoms with Gasteiger partial charge in [0.1, 0.15) is 11.6 Å². The number of nitrogens with one attached hydrogen (secondary N) is 1. The lowest BCUT2D eigenvalue weighted by atomic mass is 10.0. The van der Waals surface area contributed by atoms with Crippen molar-refractivity contribution in [1.82, 2.24) is 5.32 Å². The molecule has 0 saturated heterocycles. The van der Waals surface area contributed by atoms with Crippen molar-refractivity contribution in [3.8, 4) is 5.75 Å². The third kappa shape index (κ3) is 6.58. The zero-order chi connectivity index (χ0) is 19.8. The van der Waals surface area contributed by atoms with Crippen LogP contribution in [0.1, 0.15) is 43.4 Å². The lowest BCUT2D eigenvalue weighted by Gasteiger charge is -2.19. The molecule has 3 nitrogen and oxygen atoms in total. The van der Waals surface area contributed by atoms with Gasteiger partial charge in [0, 0.05) is 18.1 Å². The van der Waals surface area contributed by atoms with Gasteiger partial charge in [-0.2, -0.15) is 11.8 Å². The van der Waals surface area contributed by atoms with Crippen LogP contribution in [0.3, 0.4) is 0 Å². The van der Waals surface area contributed by atoms with Crippen molar-refractivity contribution < 1.29 is 13.9 Å². The van der Waals surface area contributed by atoms with Gasteiger partial charge >= 0.3 is 0 Å². The molecule has 0 aliphatic rings. The van der Waals surface area contributed by atoms with Crippen molar-refractivity contribution in [2.45, 2.75) is 45.5 Å². The number of hydrogen-bond donors (Lipinski definition) is 1. The third-order valence-corrected chi connectivity index (χ3v) is 5.23. The quantitative estimate of drug-likeness (QED) is 0.608. The van der Waals surface area contributed by atoms with Gasteiger partial charge in [-0.25, -0.2) is 4.39 Å². The molecule has 1 atom stereocenters. The molecule has 0 radical (unpaired) electrons. The van der Waals surface area contributed by atoms with Crippen LogP contribution in [0.4, 0.5) is 4.39 Å². The van der Waals surface area contributed by atoms with Gasteiger partial charge in [0.25, 0.3) is 5.91 Å². The Morgan fingerprint density at radius 2 is 1.93 bits per heavy atom. The van der Waals surface area contributed by atoms with E-state index in [2.05, 4.69) is 31.3 Å². The van der Waals surface area contributed by atoms with Gasteiger partial charge in [-0.15, -0.1) is 0 Å². The highest BCUT2D eigenvalue weighted by Crippen LogP contribution is 2.28. The van der Waals surface area contributed by atoms with Gasteiger partial charge in [-0.3, -0.25) is 4.79 Å². The van der Waals surface area contributed by atoms with Crippen LogP contribution in [-0.2, 0) is 10.5 Å². The Morgan fingerprint density at radius 3 is 2.63 bits per heavy atom. The van der Waals surface area contributed by atoms with E-state index in [4.69, 9.17) is 4.74 Å². The molecule has 0 unspecified atom stereocenters. The first-order chi connectivity index (χ1) is 12.9. The fourth-order valence-corrected chi connectivity index (χ4v) is 3.50. The highest BCUT2D eigenvalue weighted by molar-refractivity contribution is 7.98. The van der Waals surface area contributed by atoms with Gasteiger partial charge in [-0.05, 0) is 48.6 Å². The van der Waals surface area contributed by atoms with E-state index in [1.165, 1.54) is 6.07 Å². The molecule has 0 fully saturated rings.